The molecule has 4 atom stereocenters. The van der Waals surface area contributed by atoms with E-state index in [2.05, 4.69) is 10.2 Å². The monoisotopic (exact) mass is 566 g/mol. The number of hydrogen-bond acceptors (Lipinski definition) is 5. The molecule has 3 aromatic carbocycles. The number of carboxylic acid groups (broad SMARTS) is 1. The maximum Gasteiger partial charge on any atom is 0.335 e. The molecule has 3 heterocycles. The third-order valence-electron chi connectivity index (χ3n) is 8.12. The van der Waals surface area contributed by atoms with Gasteiger partial charge in [-0.2, -0.15) is 0 Å². The van der Waals surface area contributed by atoms with Gasteiger partial charge in [-0.3, -0.25) is 14.7 Å². The number of carbonyl (C=O) groups excluding carboxylic acids is 1. The molecule has 1 fully saturated rings. The number of fused-ring (bicyclic) bond motifs is 3. The maximum atomic E-state index is 15.8. The van der Waals surface area contributed by atoms with Crippen molar-refractivity contribution in [2.75, 3.05) is 17.6 Å². The Kier molecular flexibility index (Phi) is 6.17. The summed E-state index contributed by atoms with van der Waals surface area (Å²) >= 11 is 12.5. The van der Waals surface area contributed by atoms with Crippen LogP contribution in [0.2, 0.25) is 10.0 Å². The first-order valence-electron chi connectivity index (χ1n) is 12.7. The minimum Gasteiger partial charge on any atom is -0.478 e. The number of carboxylic acids is 1. The van der Waals surface area contributed by atoms with Crippen LogP contribution in [0.15, 0.2) is 59.6 Å². The summed E-state index contributed by atoms with van der Waals surface area (Å²) in [6, 6.07) is 14.0. The molecule has 4 N–H and O–H groups in total. The predicted octanol–water partition coefficient (Wildman–Crippen LogP) is 5.70. The van der Waals surface area contributed by atoms with E-state index in [1.165, 1.54) is 18.2 Å². The normalized spacial score (nSPS) is 25.5. The van der Waals surface area contributed by atoms with Gasteiger partial charge in [-0.25, -0.2) is 9.18 Å². The molecule has 6 rings (SSSR count). The molecule has 1 amide bonds. The number of rotatable bonds is 5. The number of hydrogen-bond donors (Lipinski definition) is 3. The highest BCUT2D eigenvalue weighted by atomic mass is 35.5. The van der Waals surface area contributed by atoms with E-state index in [0.717, 1.165) is 12.0 Å². The van der Waals surface area contributed by atoms with Gasteiger partial charge in [0.05, 0.1) is 16.6 Å². The summed E-state index contributed by atoms with van der Waals surface area (Å²) in [5, 5.41) is 12.8. The Labute approximate surface area is 234 Å². The molecule has 7 nitrogen and oxygen atoms in total. The number of carbonyl (C=O) groups is 2. The molecule has 0 unspecified atom stereocenters. The van der Waals surface area contributed by atoms with Crippen molar-refractivity contribution in [2.45, 2.75) is 43.3 Å². The van der Waals surface area contributed by atoms with Crippen LogP contribution in [0.5, 0.6) is 0 Å². The fourth-order valence-electron chi connectivity index (χ4n) is 6.69. The fraction of sp³-hybridized carbons (Fsp3) is 0.276. The van der Waals surface area contributed by atoms with Crippen LogP contribution < -0.4 is 11.1 Å². The van der Waals surface area contributed by atoms with Gasteiger partial charge in [-0.05, 0) is 48.9 Å². The average molecular weight is 567 g/mol. The third kappa shape index (κ3) is 3.69. The third-order valence-corrected chi connectivity index (χ3v) is 8.65. The summed E-state index contributed by atoms with van der Waals surface area (Å²) in [5.41, 5.74) is 8.39. The molecule has 39 heavy (non-hydrogen) atoms. The van der Waals surface area contributed by atoms with Crippen LogP contribution in [0.25, 0.3) is 0 Å². The van der Waals surface area contributed by atoms with E-state index in [-0.39, 0.29) is 22.5 Å². The molecule has 3 aromatic rings. The van der Waals surface area contributed by atoms with Crippen molar-refractivity contribution in [3.8, 4) is 0 Å². The molecule has 3 aliphatic rings. The second-order valence-electron chi connectivity index (χ2n) is 10.2. The Balaban J connectivity index is 1.58. The van der Waals surface area contributed by atoms with Crippen LogP contribution in [0.1, 0.15) is 52.7 Å². The number of amides is 1. The largest absolute Gasteiger partial charge is 0.478 e. The number of nitrogen functional groups attached to an aromatic ring is 1. The van der Waals surface area contributed by atoms with Crippen LogP contribution in [-0.4, -0.2) is 46.2 Å². The van der Waals surface area contributed by atoms with E-state index in [1.54, 1.807) is 30.3 Å². The molecule has 10 heteroatoms. The molecule has 0 aromatic heterocycles. The highest BCUT2D eigenvalue weighted by molar-refractivity contribution is 6.31. The first-order chi connectivity index (χ1) is 18.7. The van der Waals surface area contributed by atoms with E-state index >= 15 is 4.39 Å². The highest BCUT2D eigenvalue weighted by Gasteiger charge is 2.68. The zero-order valence-corrected chi connectivity index (χ0v) is 22.4. The van der Waals surface area contributed by atoms with Gasteiger partial charge >= 0.3 is 5.97 Å². The van der Waals surface area contributed by atoms with Gasteiger partial charge in [0.25, 0.3) is 0 Å². The number of aromatic carboxylic acids is 1. The summed E-state index contributed by atoms with van der Waals surface area (Å²) in [6.07, 6.45) is 1.20. The van der Waals surface area contributed by atoms with Crippen LogP contribution >= 0.6 is 23.2 Å². The van der Waals surface area contributed by atoms with Crippen molar-refractivity contribution in [3.63, 3.8) is 0 Å². The molecule has 0 saturated carbocycles. The van der Waals surface area contributed by atoms with Gasteiger partial charge in [0.2, 0.25) is 5.91 Å². The van der Waals surface area contributed by atoms with Gasteiger partial charge in [0.1, 0.15) is 11.4 Å². The Morgan fingerprint density at radius 1 is 1.23 bits per heavy atom. The summed E-state index contributed by atoms with van der Waals surface area (Å²) in [6.45, 7) is 2.59. The molecule has 1 spiro atoms. The molecular formula is C29H25Cl2FN4O3. The summed E-state index contributed by atoms with van der Waals surface area (Å²) in [5.74, 6) is -2.61. The van der Waals surface area contributed by atoms with Gasteiger partial charge < -0.3 is 16.2 Å². The number of halogens is 3. The van der Waals surface area contributed by atoms with Crippen LogP contribution in [0.3, 0.4) is 0 Å². The number of nitrogens with one attached hydrogen (secondary N) is 1. The number of nitrogens with two attached hydrogens (primary N) is 1. The Morgan fingerprint density at radius 2 is 2.03 bits per heavy atom. The molecule has 0 bridgehead atoms. The number of likely N-dealkylation sites (tertiary alicyclic amines) is 1. The Hall–Kier alpha value is -3.46. The van der Waals surface area contributed by atoms with Crippen molar-refractivity contribution in [1.29, 1.82) is 0 Å². The lowest BCUT2D eigenvalue weighted by Crippen LogP contribution is -2.52. The van der Waals surface area contributed by atoms with Crippen molar-refractivity contribution in [2.24, 2.45) is 4.99 Å². The summed E-state index contributed by atoms with van der Waals surface area (Å²) in [7, 11) is 0. The van der Waals surface area contributed by atoms with Crippen molar-refractivity contribution >= 4 is 52.2 Å². The summed E-state index contributed by atoms with van der Waals surface area (Å²) < 4.78 is 15.8. The van der Waals surface area contributed by atoms with Gasteiger partial charge in [-0.15, -0.1) is 0 Å². The fourth-order valence-corrected chi connectivity index (χ4v) is 7.05. The SMILES string of the molecule is CCCN1[C@H]2CC(c3ccc(C(=O)O)cc3N)=N[C@H]2[C@H](c2cccc(Cl)c2F)[C@]12C(=O)Nc1cc(Cl)ccc12. The topological polar surface area (TPSA) is 108 Å². The number of nitrogens with zero attached hydrogens (tertiary/aromatic N) is 2. The van der Waals surface area contributed by atoms with E-state index in [1.807, 2.05) is 13.0 Å². The molecule has 0 aliphatic carbocycles. The zero-order valence-electron chi connectivity index (χ0n) is 20.9. The first-order valence-corrected chi connectivity index (χ1v) is 13.5. The molecule has 200 valence electrons. The Bertz CT molecular complexity index is 1580. The maximum absolute atomic E-state index is 15.8. The lowest BCUT2D eigenvalue weighted by atomic mass is 9.73. The van der Waals surface area contributed by atoms with Crippen molar-refractivity contribution in [1.82, 2.24) is 4.90 Å². The van der Waals surface area contributed by atoms with Gasteiger partial charge in [0, 0.05) is 51.6 Å². The van der Waals surface area contributed by atoms with Gasteiger partial charge in [-0.1, -0.05) is 54.4 Å². The zero-order chi connectivity index (χ0) is 27.6. The lowest BCUT2D eigenvalue weighted by Gasteiger charge is -2.39. The van der Waals surface area contributed by atoms with E-state index < -0.39 is 29.3 Å². The smallest absolute Gasteiger partial charge is 0.335 e. The Morgan fingerprint density at radius 3 is 2.74 bits per heavy atom. The predicted molar refractivity (Wildman–Crippen MR) is 149 cm³/mol. The van der Waals surface area contributed by atoms with E-state index in [9.17, 15) is 14.7 Å². The van der Waals surface area contributed by atoms with Gasteiger partial charge in [0.15, 0.2) is 0 Å². The second kappa shape index (κ2) is 9.33. The number of anilines is 2. The minimum absolute atomic E-state index is 0.0291. The highest BCUT2D eigenvalue weighted by Crippen LogP contribution is 2.60. The average Bonchev–Trinajstić information content (AvgIpc) is 3.51. The van der Waals surface area contributed by atoms with E-state index in [4.69, 9.17) is 33.9 Å². The first kappa shape index (κ1) is 25.8. The lowest BCUT2D eigenvalue weighted by molar-refractivity contribution is -0.127. The van der Waals surface area contributed by atoms with Crippen LogP contribution in [0.4, 0.5) is 15.8 Å². The quantitative estimate of drug-likeness (QED) is 0.343. The number of aliphatic imine (C=N–C) groups is 1. The number of benzene rings is 3. The van der Waals surface area contributed by atoms with Crippen LogP contribution in [0, 0.1) is 5.82 Å². The van der Waals surface area contributed by atoms with E-state index in [0.29, 0.717) is 46.2 Å². The second-order valence-corrected chi connectivity index (χ2v) is 11.0. The standard InChI is InChI=1S/C29H25Cl2FN4O3/c1-2-10-36-23-13-21(16-8-6-14(27(37)38)11-20(16)33)34-26(23)24(17-4-3-5-19(31)25(17)32)29(36)18-9-7-15(30)12-22(18)35-28(29)39/h3-9,11-12,23-24,26H,2,10,13,33H2,1H3,(H,35,39)(H,37,38)/t23-,24-,26+,29+/m0/s1. The molecule has 3 aliphatic heterocycles. The molecular weight excluding hydrogens is 542 g/mol. The van der Waals surface area contributed by atoms with Crippen LogP contribution in [-0.2, 0) is 10.3 Å². The molecule has 1 saturated heterocycles. The van der Waals surface area contributed by atoms with Crippen molar-refractivity contribution in [3.05, 3.63) is 92.7 Å². The van der Waals surface area contributed by atoms with Crippen molar-refractivity contribution < 1.29 is 19.1 Å². The minimum atomic E-state index is -1.23. The summed E-state index contributed by atoms with van der Waals surface area (Å²) in [4.78, 5) is 32.8. The molecule has 0 radical (unpaired) electrons.